The molecule has 1 rings (SSSR count). The molecule has 0 aromatic heterocycles. The van der Waals surface area contributed by atoms with Gasteiger partial charge >= 0.3 is 0 Å². The third-order valence-electron chi connectivity index (χ3n) is 2.26. The van der Waals surface area contributed by atoms with Gasteiger partial charge in [-0.1, -0.05) is 0 Å². The highest BCUT2D eigenvalue weighted by atomic mass is 32.2. The largest absolute Gasteiger partial charge is 0.339 e. The molecule has 1 fully saturated rings. The lowest BCUT2D eigenvalue weighted by atomic mass is 10.2. The minimum Gasteiger partial charge on any atom is -0.339 e. The average Bonchev–Trinajstić information content (AvgIpc) is 2.30. The van der Waals surface area contributed by atoms with Crippen LogP contribution in [-0.4, -0.2) is 43.8 Å². The van der Waals surface area contributed by atoms with Crippen molar-refractivity contribution < 1.29 is 13.2 Å². The monoisotopic (exact) mass is 205 g/mol. The first-order valence-corrected chi connectivity index (χ1v) is 6.43. The minimum absolute atomic E-state index is 0.203. The number of carbonyl (C=O) groups is 1. The van der Waals surface area contributed by atoms with Gasteiger partial charge in [0.15, 0.2) is 9.84 Å². The maximum atomic E-state index is 11.4. The highest BCUT2D eigenvalue weighted by Gasteiger charge is 2.26. The average molecular weight is 205 g/mol. The maximum absolute atomic E-state index is 11.4. The summed E-state index contributed by atoms with van der Waals surface area (Å²) in [6.45, 7) is 2.66. The van der Waals surface area contributed by atoms with Gasteiger partial charge in [-0.15, -0.1) is 0 Å². The van der Waals surface area contributed by atoms with Gasteiger partial charge in [0.05, 0.1) is 0 Å². The van der Waals surface area contributed by atoms with Crippen LogP contribution >= 0.6 is 0 Å². The molecule has 0 N–H and O–H groups in total. The Balaban J connectivity index is 2.58. The van der Waals surface area contributed by atoms with Crippen LogP contribution in [-0.2, 0) is 14.6 Å². The van der Waals surface area contributed by atoms with Gasteiger partial charge in [-0.2, -0.15) is 0 Å². The van der Waals surface area contributed by atoms with Gasteiger partial charge in [-0.05, 0) is 19.8 Å². The molecule has 1 amide bonds. The van der Waals surface area contributed by atoms with Crippen molar-refractivity contribution in [3.05, 3.63) is 0 Å². The number of sulfone groups is 1. The van der Waals surface area contributed by atoms with E-state index >= 15 is 0 Å². The molecule has 1 heterocycles. The number of nitrogens with zero attached hydrogens (tertiary/aromatic N) is 1. The Morgan fingerprint density at radius 3 is 2.54 bits per heavy atom. The summed E-state index contributed by atoms with van der Waals surface area (Å²) in [5, 5.41) is 0. The van der Waals surface area contributed by atoms with E-state index in [-0.39, 0.29) is 17.7 Å². The number of amides is 1. The Morgan fingerprint density at radius 2 is 2.15 bits per heavy atom. The Labute approximate surface area is 78.8 Å². The van der Waals surface area contributed by atoms with Crippen LogP contribution in [0.5, 0.6) is 0 Å². The third-order valence-corrected chi connectivity index (χ3v) is 3.03. The van der Waals surface area contributed by atoms with Crippen molar-refractivity contribution in [3.8, 4) is 0 Å². The number of hydrogen-bond acceptors (Lipinski definition) is 3. The van der Waals surface area contributed by atoms with Gasteiger partial charge in [0.1, 0.15) is 5.75 Å². The summed E-state index contributed by atoms with van der Waals surface area (Å²) in [5.41, 5.74) is 0. The Morgan fingerprint density at radius 1 is 1.54 bits per heavy atom. The molecule has 1 aliphatic rings. The summed E-state index contributed by atoms with van der Waals surface area (Å²) in [4.78, 5) is 13.1. The van der Waals surface area contributed by atoms with Crippen LogP contribution in [0.25, 0.3) is 0 Å². The predicted molar refractivity (Wildman–Crippen MR) is 50.1 cm³/mol. The summed E-state index contributed by atoms with van der Waals surface area (Å²) in [6.07, 6.45) is 3.05. The number of likely N-dealkylation sites (tertiary alicyclic amines) is 1. The van der Waals surface area contributed by atoms with Gasteiger partial charge in [-0.25, -0.2) is 8.42 Å². The molecule has 0 saturated carbocycles. The first-order valence-electron chi connectivity index (χ1n) is 4.37. The van der Waals surface area contributed by atoms with Gasteiger partial charge in [0.2, 0.25) is 5.91 Å². The summed E-state index contributed by atoms with van der Waals surface area (Å²) < 4.78 is 21.7. The molecule has 1 aliphatic heterocycles. The SMILES string of the molecule is CC1CCCN1C(=O)CS(C)(=O)=O. The molecule has 0 aliphatic carbocycles. The van der Waals surface area contributed by atoms with E-state index < -0.39 is 9.84 Å². The van der Waals surface area contributed by atoms with Gasteiger partial charge < -0.3 is 4.90 Å². The van der Waals surface area contributed by atoms with Crippen molar-refractivity contribution >= 4 is 15.7 Å². The van der Waals surface area contributed by atoms with E-state index in [0.29, 0.717) is 6.54 Å². The second-order valence-electron chi connectivity index (χ2n) is 3.65. The Bertz CT molecular complexity index is 297. The molecule has 5 heteroatoms. The third kappa shape index (κ3) is 2.99. The van der Waals surface area contributed by atoms with Crippen molar-refractivity contribution in [2.75, 3.05) is 18.6 Å². The van der Waals surface area contributed by atoms with Crippen LogP contribution < -0.4 is 0 Å². The number of carbonyl (C=O) groups excluding carboxylic acids is 1. The topological polar surface area (TPSA) is 54.5 Å². The summed E-state index contributed by atoms with van der Waals surface area (Å²) in [5.74, 6) is -0.607. The van der Waals surface area contributed by atoms with Crippen LogP contribution in [0.2, 0.25) is 0 Å². The Kier molecular flexibility index (Phi) is 2.95. The predicted octanol–water partition coefficient (Wildman–Crippen LogP) is 0.0419. The quantitative estimate of drug-likeness (QED) is 0.639. The fourth-order valence-electron chi connectivity index (χ4n) is 1.61. The lowest BCUT2D eigenvalue weighted by molar-refractivity contribution is -0.128. The molecule has 13 heavy (non-hydrogen) atoms. The molecule has 1 atom stereocenters. The highest BCUT2D eigenvalue weighted by molar-refractivity contribution is 7.91. The van der Waals surface area contributed by atoms with Gasteiger partial charge in [-0.3, -0.25) is 4.79 Å². The van der Waals surface area contributed by atoms with E-state index in [2.05, 4.69) is 0 Å². The Hall–Kier alpha value is -0.580. The zero-order valence-corrected chi connectivity index (χ0v) is 8.80. The first kappa shape index (κ1) is 10.5. The van der Waals surface area contributed by atoms with Crippen molar-refractivity contribution in [3.63, 3.8) is 0 Å². The zero-order chi connectivity index (χ0) is 10.1. The van der Waals surface area contributed by atoms with E-state index in [1.165, 1.54) is 0 Å². The summed E-state index contributed by atoms with van der Waals surface area (Å²) in [7, 11) is -3.18. The van der Waals surface area contributed by atoms with Crippen LogP contribution in [0.1, 0.15) is 19.8 Å². The molecule has 1 saturated heterocycles. The smallest absolute Gasteiger partial charge is 0.237 e. The molecular weight excluding hydrogens is 190 g/mol. The zero-order valence-electron chi connectivity index (χ0n) is 7.99. The first-order chi connectivity index (χ1) is 5.90. The highest BCUT2D eigenvalue weighted by Crippen LogP contribution is 2.16. The van der Waals surface area contributed by atoms with E-state index in [4.69, 9.17) is 0 Å². The van der Waals surface area contributed by atoms with E-state index in [1.807, 2.05) is 6.92 Å². The molecule has 1 unspecified atom stereocenters. The van der Waals surface area contributed by atoms with Crippen molar-refractivity contribution in [1.29, 1.82) is 0 Å². The maximum Gasteiger partial charge on any atom is 0.237 e. The van der Waals surface area contributed by atoms with Crippen LogP contribution in [0.4, 0.5) is 0 Å². The molecule has 0 bridgehead atoms. The standard InChI is InChI=1S/C8H15NO3S/c1-7-4-3-5-9(7)8(10)6-13(2,11)12/h7H,3-6H2,1-2H3. The van der Waals surface area contributed by atoms with Crippen LogP contribution in [0.3, 0.4) is 0 Å². The van der Waals surface area contributed by atoms with Gasteiger partial charge in [0.25, 0.3) is 0 Å². The lowest BCUT2D eigenvalue weighted by Gasteiger charge is -2.20. The van der Waals surface area contributed by atoms with Crippen LogP contribution in [0, 0.1) is 0 Å². The molecule has 4 nitrogen and oxygen atoms in total. The molecule has 0 spiro atoms. The molecule has 0 aromatic carbocycles. The van der Waals surface area contributed by atoms with E-state index in [0.717, 1.165) is 19.1 Å². The molecular formula is C8H15NO3S. The fourth-order valence-corrected chi connectivity index (χ4v) is 2.23. The molecule has 0 radical (unpaired) electrons. The van der Waals surface area contributed by atoms with Crippen molar-refractivity contribution in [1.82, 2.24) is 4.90 Å². The minimum atomic E-state index is -3.18. The van der Waals surface area contributed by atoms with E-state index in [1.54, 1.807) is 4.90 Å². The van der Waals surface area contributed by atoms with Crippen molar-refractivity contribution in [2.45, 2.75) is 25.8 Å². The summed E-state index contributed by atoms with van der Waals surface area (Å²) >= 11 is 0. The number of hydrogen-bond donors (Lipinski definition) is 0. The second kappa shape index (κ2) is 3.65. The van der Waals surface area contributed by atoms with E-state index in [9.17, 15) is 13.2 Å². The van der Waals surface area contributed by atoms with Crippen molar-refractivity contribution in [2.24, 2.45) is 0 Å². The normalized spacial score (nSPS) is 23.5. The second-order valence-corrected chi connectivity index (χ2v) is 5.79. The molecule has 76 valence electrons. The van der Waals surface area contributed by atoms with Gasteiger partial charge in [0, 0.05) is 18.8 Å². The lowest BCUT2D eigenvalue weighted by Crippen LogP contribution is -2.37. The fraction of sp³-hybridized carbons (Fsp3) is 0.875. The molecule has 0 aromatic rings. The summed E-state index contributed by atoms with van der Waals surface area (Å²) in [6, 6.07) is 0.203. The van der Waals surface area contributed by atoms with Crippen LogP contribution in [0.15, 0.2) is 0 Å². The number of rotatable bonds is 2.